The first kappa shape index (κ1) is 22.7. The monoisotopic (exact) mass is 426 g/mol. The van der Waals surface area contributed by atoms with E-state index in [4.69, 9.17) is 4.74 Å². The minimum atomic E-state index is -0.773. The molecule has 1 N–H and O–H groups in total. The maximum Gasteiger partial charge on any atom is 0.326 e. The molecule has 166 valence electrons. The Labute approximate surface area is 182 Å². The number of amides is 3. The van der Waals surface area contributed by atoms with Crippen molar-refractivity contribution in [2.24, 2.45) is 11.8 Å². The van der Waals surface area contributed by atoms with Crippen LogP contribution in [0.5, 0.6) is 0 Å². The summed E-state index contributed by atoms with van der Waals surface area (Å²) in [7, 11) is 0. The second kappa shape index (κ2) is 9.45. The summed E-state index contributed by atoms with van der Waals surface area (Å²) in [5.41, 5.74) is 2.76. The standard InChI is InChI=1S/C24H30N2O5/c1-14(2)16-10-7-11-17(15(3)4)22(16)25-20(27)13-31-21(28)12-26-23(29)18-8-5-6-9-19(18)24(26)30/h5-7,10-11,14-15,18-19H,8-9,12-13H2,1-4H3,(H,25,27)/t18-,19-/m0/s1. The Morgan fingerprint density at radius 3 is 2.00 bits per heavy atom. The number of anilines is 1. The van der Waals surface area contributed by atoms with Crippen LogP contribution in [-0.4, -0.2) is 41.7 Å². The van der Waals surface area contributed by atoms with Crippen molar-refractivity contribution < 1.29 is 23.9 Å². The van der Waals surface area contributed by atoms with Crippen LogP contribution in [0.15, 0.2) is 30.4 Å². The van der Waals surface area contributed by atoms with Gasteiger partial charge in [-0.2, -0.15) is 0 Å². The van der Waals surface area contributed by atoms with Gasteiger partial charge in [0.2, 0.25) is 11.8 Å². The van der Waals surface area contributed by atoms with Crippen molar-refractivity contribution in [1.82, 2.24) is 4.90 Å². The third kappa shape index (κ3) is 4.86. The number of nitrogens with zero attached hydrogens (tertiary/aromatic N) is 1. The first-order chi connectivity index (χ1) is 14.7. The summed E-state index contributed by atoms with van der Waals surface area (Å²) < 4.78 is 5.08. The highest BCUT2D eigenvalue weighted by Crippen LogP contribution is 2.35. The van der Waals surface area contributed by atoms with Crippen LogP contribution >= 0.6 is 0 Å². The van der Waals surface area contributed by atoms with E-state index in [2.05, 4.69) is 5.32 Å². The van der Waals surface area contributed by atoms with Crippen LogP contribution < -0.4 is 5.32 Å². The van der Waals surface area contributed by atoms with Crippen LogP contribution in [0.3, 0.4) is 0 Å². The van der Waals surface area contributed by atoms with Gasteiger partial charge in [-0.3, -0.25) is 24.1 Å². The van der Waals surface area contributed by atoms with Crippen LogP contribution in [-0.2, 0) is 23.9 Å². The lowest BCUT2D eigenvalue weighted by Gasteiger charge is -2.20. The summed E-state index contributed by atoms with van der Waals surface area (Å²) in [5, 5.41) is 2.88. The molecular weight excluding hydrogens is 396 g/mol. The van der Waals surface area contributed by atoms with E-state index in [9.17, 15) is 19.2 Å². The number of fused-ring (bicyclic) bond motifs is 1. The summed E-state index contributed by atoms with van der Waals surface area (Å²) >= 11 is 0. The van der Waals surface area contributed by atoms with Gasteiger partial charge in [-0.15, -0.1) is 0 Å². The molecule has 1 aromatic rings. The van der Waals surface area contributed by atoms with Gasteiger partial charge in [0.05, 0.1) is 11.8 Å². The molecule has 7 nitrogen and oxygen atoms in total. The van der Waals surface area contributed by atoms with Gasteiger partial charge in [0, 0.05) is 5.69 Å². The summed E-state index contributed by atoms with van der Waals surface area (Å²) in [6, 6.07) is 5.91. The van der Waals surface area contributed by atoms with Crippen LogP contribution in [0.25, 0.3) is 0 Å². The predicted molar refractivity (Wildman–Crippen MR) is 116 cm³/mol. The van der Waals surface area contributed by atoms with Crippen molar-refractivity contribution in [2.75, 3.05) is 18.5 Å². The molecule has 0 aromatic heterocycles. The maximum atomic E-state index is 12.5. The molecule has 0 saturated carbocycles. The molecule has 1 heterocycles. The lowest BCUT2D eigenvalue weighted by molar-refractivity contribution is -0.154. The number of hydrogen-bond donors (Lipinski definition) is 1. The van der Waals surface area contributed by atoms with Crippen molar-refractivity contribution in [1.29, 1.82) is 0 Å². The van der Waals surface area contributed by atoms with Gasteiger partial charge in [0.15, 0.2) is 6.61 Å². The lowest BCUT2D eigenvalue weighted by Crippen LogP contribution is -2.37. The molecule has 3 rings (SSSR count). The number of nitrogens with one attached hydrogen (secondary N) is 1. The summed E-state index contributed by atoms with van der Waals surface area (Å²) in [6.45, 7) is 7.25. The van der Waals surface area contributed by atoms with E-state index in [1.165, 1.54) is 0 Å². The van der Waals surface area contributed by atoms with E-state index in [0.717, 1.165) is 21.7 Å². The number of ether oxygens (including phenoxy) is 1. The van der Waals surface area contributed by atoms with Crippen LogP contribution in [0.4, 0.5) is 5.69 Å². The van der Waals surface area contributed by atoms with E-state index in [-0.39, 0.29) is 23.7 Å². The SMILES string of the molecule is CC(C)c1cccc(C(C)C)c1NC(=O)COC(=O)CN1C(=O)[C@H]2CC=CC[C@@H]2C1=O. The Kier molecular flexibility index (Phi) is 6.93. The van der Waals surface area contributed by atoms with Gasteiger partial charge in [-0.25, -0.2) is 0 Å². The van der Waals surface area contributed by atoms with Crippen molar-refractivity contribution in [3.8, 4) is 0 Å². The number of benzene rings is 1. The maximum absolute atomic E-state index is 12.5. The number of allylic oxidation sites excluding steroid dienone is 2. The van der Waals surface area contributed by atoms with Crippen LogP contribution in [0.2, 0.25) is 0 Å². The van der Waals surface area contributed by atoms with Gasteiger partial charge in [0.1, 0.15) is 6.54 Å². The largest absolute Gasteiger partial charge is 0.454 e. The molecule has 1 aromatic carbocycles. The topological polar surface area (TPSA) is 92.8 Å². The third-order valence-electron chi connectivity index (χ3n) is 5.89. The number of likely N-dealkylation sites (tertiary alicyclic amines) is 1. The van der Waals surface area contributed by atoms with E-state index in [1.807, 2.05) is 58.0 Å². The Morgan fingerprint density at radius 1 is 1.00 bits per heavy atom. The average Bonchev–Trinajstić information content (AvgIpc) is 2.97. The summed E-state index contributed by atoms with van der Waals surface area (Å²) in [5.74, 6) is -2.28. The molecule has 3 amide bonds. The fourth-order valence-electron chi connectivity index (χ4n) is 4.22. The highest BCUT2D eigenvalue weighted by Gasteiger charge is 2.47. The lowest BCUT2D eigenvalue weighted by atomic mass is 9.85. The first-order valence-electron chi connectivity index (χ1n) is 10.8. The fraction of sp³-hybridized carbons (Fsp3) is 0.500. The number of esters is 1. The van der Waals surface area contributed by atoms with E-state index < -0.39 is 36.9 Å². The minimum Gasteiger partial charge on any atom is -0.454 e. The molecule has 1 fully saturated rings. The zero-order valence-electron chi connectivity index (χ0n) is 18.5. The number of carbonyl (C=O) groups is 4. The quantitative estimate of drug-likeness (QED) is 0.410. The number of para-hydroxylation sites is 1. The molecule has 0 radical (unpaired) electrons. The number of carbonyl (C=O) groups excluding carboxylic acids is 4. The molecule has 7 heteroatoms. The summed E-state index contributed by atoms with van der Waals surface area (Å²) in [4.78, 5) is 50.6. The van der Waals surface area contributed by atoms with Gasteiger partial charge >= 0.3 is 5.97 Å². The smallest absolute Gasteiger partial charge is 0.326 e. The fourth-order valence-corrected chi connectivity index (χ4v) is 4.22. The van der Waals surface area contributed by atoms with E-state index in [1.54, 1.807) is 0 Å². The van der Waals surface area contributed by atoms with E-state index in [0.29, 0.717) is 12.8 Å². The molecule has 31 heavy (non-hydrogen) atoms. The molecular formula is C24H30N2O5. The Bertz CT molecular complexity index is 866. The average molecular weight is 427 g/mol. The molecule has 0 spiro atoms. The van der Waals surface area contributed by atoms with Gasteiger partial charge in [-0.05, 0) is 35.8 Å². The first-order valence-corrected chi connectivity index (χ1v) is 10.8. The highest BCUT2D eigenvalue weighted by atomic mass is 16.5. The molecule has 1 aliphatic heterocycles. The molecule has 1 aliphatic carbocycles. The highest BCUT2D eigenvalue weighted by molar-refractivity contribution is 6.07. The van der Waals surface area contributed by atoms with Crippen molar-refractivity contribution in [2.45, 2.75) is 52.4 Å². The Morgan fingerprint density at radius 2 is 1.52 bits per heavy atom. The van der Waals surface area contributed by atoms with Crippen molar-refractivity contribution in [3.63, 3.8) is 0 Å². The molecule has 0 unspecified atom stereocenters. The normalized spacial score (nSPS) is 20.4. The number of imide groups is 1. The van der Waals surface area contributed by atoms with Gasteiger partial charge in [-0.1, -0.05) is 58.0 Å². The second-order valence-electron chi connectivity index (χ2n) is 8.75. The molecule has 0 bridgehead atoms. The number of rotatable bonds is 7. The third-order valence-corrected chi connectivity index (χ3v) is 5.89. The molecule has 1 saturated heterocycles. The Balaban J connectivity index is 1.59. The van der Waals surface area contributed by atoms with Crippen LogP contribution in [0, 0.1) is 11.8 Å². The second-order valence-corrected chi connectivity index (χ2v) is 8.75. The van der Waals surface area contributed by atoms with Crippen molar-refractivity contribution >= 4 is 29.4 Å². The molecule has 2 atom stereocenters. The molecule has 2 aliphatic rings. The van der Waals surface area contributed by atoms with E-state index >= 15 is 0 Å². The van der Waals surface area contributed by atoms with Gasteiger partial charge < -0.3 is 10.1 Å². The van der Waals surface area contributed by atoms with Crippen LogP contribution in [0.1, 0.15) is 63.5 Å². The zero-order chi connectivity index (χ0) is 22.7. The minimum absolute atomic E-state index is 0.210. The Hall–Kier alpha value is -2.96. The summed E-state index contributed by atoms with van der Waals surface area (Å²) in [6.07, 6.45) is 4.80. The van der Waals surface area contributed by atoms with Gasteiger partial charge in [0.25, 0.3) is 5.91 Å². The number of hydrogen-bond acceptors (Lipinski definition) is 5. The predicted octanol–water partition coefficient (Wildman–Crippen LogP) is 3.37. The van der Waals surface area contributed by atoms with Crippen molar-refractivity contribution in [3.05, 3.63) is 41.5 Å². The zero-order valence-corrected chi connectivity index (χ0v) is 18.5.